The van der Waals surface area contributed by atoms with Crippen molar-refractivity contribution in [3.8, 4) is 5.75 Å². The maximum atomic E-state index is 13.1. The van der Waals surface area contributed by atoms with Crippen LogP contribution in [0.15, 0.2) is 38.9 Å². The van der Waals surface area contributed by atoms with Gasteiger partial charge < -0.3 is 4.74 Å². The van der Waals surface area contributed by atoms with E-state index in [1.807, 2.05) is 12.1 Å². The molecule has 1 amide bonds. The van der Waals surface area contributed by atoms with Gasteiger partial charge in [0.15, 0.2) is 0 Å². The average Bonchev–Trinajstić information content (AvgIpc) is 3.13. The van der Waals surface area contributed by atoms with Gasteiger partial charge >= 0.3 is 0 Å². The standard InChI is InChI=1S/C21H21BrN4O3S/c1-12(19(27)25-24-10-13-7-8-16(29-2)15(22)9-13)26-11-23-20-18(21(26)28)14-5-3-4-6-17(14)30-20/h7-12H,3-6H2,1-2H3,(H,25,27)/b24-10-/t12-/m0/s1. The molecular formula is C21H21BrN4O3S. The van der Waals surface area contributed by atoms with Crippen molar-refractivity contribution < 1.29 is 9.53 Å². The number of benzene rings is 1. The van der Waals surface area contributed by atoms with Crippen LogP contribution in [0.4, 0.5) is 0 Å². The number of nitrogens with zero attached hydrogens (tertiary/aromatic N) is 3. The molecule has 0 saturated heterocycles. The van der Waals surface area contributed by atoms with E-state index in [0.717, 1.165) is 46.1 Å². The number of amides is 1. The number of methoxy groups -OCH3 is 1. The molecule has 9 heteroatoms. The molecule has 1 aliphatic carbocycles. The van der Waals surface area contributed by atoms with Gasteiger partial charge in [0, 0.05) is 4.88 Å². The number of thiophene rings is 1. The smallest absolute Gasteiger partial charge is 0.263 e. The van der Waals surface area contributed by atoms with E-state index in [-0.39, 0.29) is 11.5 Å². The number of halogens is 1. The Morgan fingerprint density at radius 3 is 2.97 bits per heavy atom. The van der Waals surface area contributed by atoms with Crippen molar-refractivity contribution in [1.29, 1.82) is 0 Å². The molecule has 156 valence electrons. The van der Waals surface area contributed by atoms with Crippen LogP contribution in [-0.2, 0) is 17.6 Å². The lowest BCUT2D eigenvalue weighted by Gasteiger charge is -2.14. The third-order valence-corrected chi connectivity index (χ3v) is 7.08. The minimum absolute atomic E-state index is 0.162. The number of nitrogens with one attached hydrogen (secondary N) is 1. The number of carbonyl (C=O) groups is 1. The Hall–Kier alpha value is -2.52. The number of ether oxygens (including phenoxy) is 1. The maximum Gasteiger partial charge on any atom is 0.263 e. The SMILES string of the molecule is COc1ccc(/C=N\NC(=O)[C@H](C)n2cnc3sc4c(c3c2=O)CCCC4)cc1Br. The Labute approximate surface area is 185 Å². The summed E-state index contributed by atoms with van der Waals surface area (Å²) in [6.45, 7) is 1.67. The highest BCUT2D eigenvalue weighted by atomic mass is 79.9. The van der Waals surface area contributed by atoms with Gasteiger partial charge in [0.05, 0.1) is 29.5 Å². The number of hydrogen-bond acceptors (Lipinski definition) is 6. The maximum absolute atomic E-state index is 13.1. The quantitative estimate of drug-likeness (QED) is 0.436. The van der Waals surface area contributed by atoms with Crippen LogP contribution in [0.25, 0.3) is 10.2 Å². The average molecular weight is 489 g/mol. The Bertz CT molecular complexity index is 1200. The molecule has 30 heavy (non-hydrogen) atoms. The van der Waals surface area contributed by atoms with Gasteiger partial charge in [-0.15, -0.1) is 11.3 Å². The van der Waals surface area contributed by atoms with E-state index in [4.69, 9.17) is 4.74 Å². The van der Waals surface area contributed by atoms with Crippen molar-refractivity contribution in [2.45, 2.75) is 38.6 Å². The Morgan fingerprint density at radius 1 is 1.40 bits per heavy atom. The second-order valence-corrected chi connectivity index (χ2v) is 9.09. The highest BCUT2D eigenvalue weighted by Gasteiger charge is 2.23. The summed E-state index contributed by atoms with van der Waals surface area (Å²) < 4.78 is 7.37. The second-order valence-electron chi connectivity index (χ2n) is 7.15. The minimum atomic E-state index is -0.728. The first-order valence-corrected chi connectivity index (χ1v) is 11.3. The number of fused-ring (bicyclic) bond motifs is 3. The van der Waals surface area contributed by atoms with Crippen LogP contribution in [0.3, 0.4) is 0 Å². The van der Waals surface area contributed by atoms with Gasteiger partial charge in [0.1, 0.15) is 16.6 Å². The van der Waals surface area contributed by atoms with Crippen LogP contribution in [0.1, 0.15) is 41.8 Å². The van der Waals surface area contributed by atoms with Crippen LogP contribution in [-0.4, -0.2) is 28.8 Å². The van der Waals surface area contributed by atoms with Crippen LogP contribution >= 0.6 is 27.3 Å². The Kier molecular flexibility index (Phi) is 6.01. The fraction of sp³-hybridized carbons (Fsp3) is 0.333. The molecule has 1 aliphatic rings. The van der Waals surface area contributed by atoms with Crippen molar-refractivity contribution in [2.75, 3.05) is 7.11 Å². The molecule has 1 atom stereocenters. The number of aryl methyl sites for hydroxylation is 2. The first kappa shape index (κ1) is 20.7. The second kappa shape index (κ2) is 8.69. The third kappa shape index (κ3) is 3.91. The van der Waals surface area contributed by atoms with Crippen LogP contribution in [0.2, 0.25) is 0 Å². The van der Waals surface area contributed by atoms with Gasteiger partial charge in [-0.2, -0.15) is 5.10 Å². The van der Waals surface area contributed by atoms with E-state index < -0.39 is 6.04 Å². The summed E-state index contributed by atoms with van der Waals surface area (Å²) in [6, 6.07) is 4.73. The van der Waals surface area contributed by atoms with Crippen molar-refractivity contribution in [2.24, 2.45) is 5.10 Å². The molecule has 2 aromatic heterocycles. The number of rotatable bonds is 5. The summed E-state index contributed by atoms with van der Waals surface area (Å²) in [5.41, 5.74) is 4.25. The molecule has 0 aliphatic heterocycles. The lowest BCUT2D eigenvalue weighted by molar-refractivity contribution is -0.123. The molecule has 1 N–H and O–H groups in total. The molecule has 0 unspecified atom stereocenters. The molecule has 3 aromatic rings. The topological polar surface area (TPSA) is 85.6 Å². The normalized spacial score (nSPS) is 14.6. The molecule has 0 bridgehead atoms. The molecule has 4 rings (SSSR count). The van der Waals surface area contributed by atoms with Crippen LogP contribution in [0, 0.1) is 0 Å². The van der Waals surface area contributed by atoms with Gasteiger partial charge in [-0.25, -0.2) is 10.4 Å². The van der Waals surface area contributed by atoms with Gasteiger partial charge in [0.2, 0.25) is 0 Å². The van der Waals surface area contributed by atoms with Crippen LogP contribution < -0.4 is 15.7 Å². The zero-order valence-corrected chi connectivity index (χ0v) is 19.0. The summed E-state index contributed by atoms with van der Waals surface area (Å²) in [5, 5.41) is 4.69. The van der Waals surface area contributed by atoms with E-state index >= 15 is 0 Å². The number of carbonyl (C=O) groups excluding carboxylic acids is 1. The fourth-order valence-electron chi connectivity index (χ4n) is 3.59. The number of aromatic nitrogens is 2. The van der Waals surface area contributed by atoms with E-state index in [1.165, 1.54) is 22.0 Å². The Balaban J connectivity index is 1.52. The van der Waals surface area contributed by atoms with Crippen LogP contribution in [0.5, 0.6) is 5.75 Å². The predicted octanol–water partition coefficient (Wildman–Crippen LogP) is 3.82. The summed E-state index contributed by atoms with van der Waals surface area (Å²) in [5.74, 6) is 0.328. The van der Waals surface area contributed by atoms with E-state index in [1.54, 1.807) is 31.4 Å². The van der Waals surface area contributed by atoms with Gasteiger partial charge in [-0.1, -0.05) is 0 Å². The Morgan fingerprint density at radius 2 is 2.20 bits per heavy atom. The fourth-order valence-corrected chi connectivity index (χ4v) is 5.37. The first-order chi connectivity index (χ1) is 14.5. The molecule has 0 fully saturated rings. The number of hydrazone groups is 1. The third-order valence-electron chi connectivity index (χ3n) is 5.26. The first-order valence-electron chi connectivity index (χ1n) is 9.67. The van der Waals surface area contributed by atoms with Crippen molar-refractivity contribution in [3.05, 3.63) is 55.4 Å². The molecule has 0 spiro atoms. The number of hydrogen-bond donors (Lipinski definition) is 1. The summed E-state index contributed by atoms with van der Waals surface area (Å²) in [4.78, 5) is 32.1. The van der Waals surface area contributed by atoms with Crippen molar-refractivity contribution in [1.82, 2.24) is 15.0 Å². The molecule has 1 aromatic carbocycles. The molecule has 0 saturated carbocycles. The van der Waals surface area contributed by atoms with Gasteiger partial charge in [-0.3, -0.25) is 14.2 Å². The summed E-state index contributed by atoms with van der Waals surface area (Å²) in [7, 11) is 1.59. The highest BCUT2D eigenvalue weighted by molar-refractivity contribution is 9.10. The minimum Gasteiger partial charge on any atom is -0.496 e. The monoisotopic (exact) mass is 488 g/mol. The van der Waals surface area contributed by atoms with Crippen molar-refractivity contribution in [3.63, 3.8) is 0 Å². The predicted molar refractivity (Wildman–Crippen MR) is 122 cm³/mol. The van der Waals surface area contributed by atoms with E-state index in [9.17, 15) is 9.59 Å². The van der Waals surface area contributed by atoms with E-state index in [0.29, 0.717) is 11.1 Å². The molecule has 7 nitrogen and oxygen atoms in total. The zero-order valence-electron chi connectivity index (χ0n) is 16.6. The summed E-state index contributed by atoms with van der Waals surface area (Å²) in [6.07, 6.45) is 7.13. The largest absolute Gasteiger partial charge is 0.496 e. The lowest BCUT2D eigenvalue weighted by atomic mass is 9.97. The molecule has 2 heterocycles. The highest BCUT2D eigenvalue weighted by Crippen LogP contribution is 2.33. The molecular weight excluding hydrogens is 468 g/mol. The summed E-state index contributed by atoms with van der Waals surface area (Å²) >= 11 is 5.01. The van der Waals surface area contributed by atoms with Gasteiger partial charge in [0.25, 0.3) is 11.5 Å². The van der Waals surface area contributed by atoms with Crippen molar-refractivity contribution >= 4 is 49.6 Å². The molecule has 0 radical (unpaired) electrons. The lowest BCUT2D eigenvalue weighted by Crippen LogP contribution is -2.34. The van der Waals surface area contributed by atoms with E-state index in [2.05, 4.69) is 31.4 Å². The van der Waals surface area contributed by atoms with Gasteiger partial charge in [-0.05, 0) is 77.9 Å². The zero-order chi connectivity index (χ0) is 21.3.